The Balaban J connectivity index is 1.92. The highest BCUT2D eigenvalue weighted by Gasteiger charge is 2.16. The predicted molar refractivity (Wildman–Crippen MR) is 107 cm³/mol. The van der Waals surface area contributed by atoms with Crippen molar-refractivity contribution in [1.29, 1.82) is 0 Å². The first-order valence-electron chi connectivity index (χ1n) is 9.11. The predicted octanol–water partition coefficient (Wildman–Crippen LogP) is 3.71. The lowest BCUT2D eigenvalue weighted by molar-refractivity contribution is -0.132. The molecule has 0 bridgehead atoms. The van der Waals surface area contributed by atoms with Crippen molar-refractivity contribution in [2.45, 2.75) is 20.4 Å². The van der Waals surface area contributed by atoms with E-state index in [9.17, 15) is 4.79 Å². The van der Waals surface area contributed by atoms with Crippen LogP contribution in [0.2, 0.25) is 0 Å². The molecule has 0 fully saturated rings. The summed E-state index contributed by atoms with van der Waals surface area (Å²) in [6, 6.07) is 14.1. The monoisotopic (exact) mass is 351 g/mol. The minimum absolute atomic E-state index is 0.155. The molecule has 1 amide bonds. The van der Waals surface area contributed by atoms with Gasteiger partial charge in [0, 0.05) is 32.0 Å². The summed E-state index contributed by atoms with van der Waals surface area (Å²) in [7, 11) is 1.97. The van der Waals surface area contributed by atoms with Gasteiger partial charge in [-0.25, -0.2) is 0 Å². The maximum absolute atomic E-state index is 12.8. The lowest BCUT2D eigenvalue weighted by Crippen LogP contribution is -2.40. The van der Waals surface area contributed by atoms with Crippen LogP contribution in [0.25, 0.3) is 6.08 Å². The molecule has 0 N–H and O–H groups in total. The first-order chi connectivity index (χ1) is 12.5. The summed E-state index contributed by atoms with van der Waals surface area (Å²) in [6.07, 6.45) is 7.74. The first kappa shape index (κ1) is 19.9. The lowest BCUT2D eigenvalue weighted by atomic mass is 10.2. The average Bonchev–Trinajstić information content (AvgIpc) is 2.62. The van der Waals surface area contributed by atoms with Gasteiger partial charge < -0.3 is 4.90 Å². The fourth-order valence-electron chi connectivity index (χ4n) is 2.79. The van der Waals surface area contributed by atoms with E-state index in [2.05, 4.69) is 43.1 Å². The number of hydrogen-bond acceptors (Lipinski definition) is 3. The molecule has 2 aromatic rings. The number of nitrogens with zero attached hydrogens (tertiary/aromatic N) is 3. The van der Waals surface area contributed by atoms with Crippen LogP contribution < -0.4 is 0 Å². The van der Waals surface area contributed by atoms with Gasteiger partial charge >= 0.3 is 0 Å². The van der Waals surface area contributed by atoms with Gasteiger partial charge in [-0.1, -0.05) is 62.4 Å². The lowest BCUT2D eigenvalue weighted by Gasteiger charge is -2.26. The Morgan fingerprint density at radius 2 is 1.92 bits per heavy atom. The molecule has 1 heterocycles. The molecule has 138 valence electrons. The number of aromatic nitrogens is 1. The molecule has 0 atom stereocenters. The maximum atomic E-state index is 12.8. The Morgan fingerprint density at radius 1 is 1.15 bits per heavy atom. The van der Waals surface area contributed by atoms with Crippen molar-refractivity contribution in [3.63, 3.8) is 0 Å². The average molecular weight is 351 g/mol. The van der Waals surface area contributed by atoms with E-state index in [-0.39, 0.29) is 5.91 Å². The van der Waals surface area contributed by atoms with E-state index in [1.807, 2.05) is 53.4 Å². The fourth-order valence-corrected chi connectivity index (χ4v) is 2.79. The molecular formula is C22H29N3O. The molecule has 0 saturated carbocycles. The standard InChI is InChI=1S/C22H29N3O/c1-19(2)16-25(14-8-12-20-9-5-4-6-10-20)22(26)18-24(3)17-21-11-7-13-23-15-21/h4-13,15,19H,14,16-18H2,1-3H3/b12-8+. The Hall–Kier alpha value is -2.46. The van der Waals surface area contributed by atoms with E-state index < -0.39 is 0 Å². The van der Waals surface area contributed by atoms with Crippen molar-refractivity contribution < 1.29 is 4.79 Å². The van der Waals surface area contributed by atoms with Crippen LogP contribution in [0.4, 0.5) is 0 Å². The first-order valence-corrected chi connectivity index (χ1v) is 9.11. The van der Waals surface area contributed by atoms with Gasteiger partial charge in [0.2, 0.25) is 5.91 Å². The van der Waals surface area contributed by atoms with E-state index in [1.165, 1.54) is 0 Å². The molecule has 0 aliphatic rings. The third kappa shape index (κ3) is 7.19. The summed E-state index contributed by atoms with van der Waals surface area (Å²) in [4.78, 5) is 20.9. The number of likely N-dealkylation sites (N-methyl/N-ethyl adjacent to an activating group) is 1. The molecule has 26 heavy (non-hydrogen) atoms. The van der Waals surface area contributed by atoms with Crippen LogP contribution in [0.5, 0.6) is 0 Å². The zero-order chi connectivity index (χ0) is 18.8. The van der Waals surface area contributed by atoms with Crippen molar-refractivity contribution in [3.8, 4) is 0 Å². The largest absolute Gasteiger partial charge is 0.338 e. The van der Waals surface area contributed by atoms with Gasteiger partial charge in [0.25, 0.3) is 0 Å². The molecule has 0 aliphatic heterocycles. The summed E-state index contributed by atoms with van der Waals surface area (Å²) in [5.41, 5.74) is 2.26. The molecular weight excluding hydrogens is 322 g/mol. The van der Waals surface area contributed by atoms with Gasteiger partial charge in [-0.2, -0.15) is 0 Å². The molecule has 0 unspecified atom stereocenters. The third-order valence-electron chi connectivity index (χ3n) is 3.95. The summed E-state index contributed by atoms with van der Waals surface area (Å²) < 4.78 is 0. The molecule has 1 aromatic carbocycles. The van der Waals surface area contributed by atoms with Crippen molar-refractivity contribution in [1.82, 2.24) is 14.8 Å². The molecule has 0 aliphatic carbocycles. The van der Waals surface area contributed by atoms with Gasteiger partial charge in [0.1, 0.15) is 0 Å². The van der Waals surface area contributed by atoms with Crippen LogP contribution in [0, 0.1) is 5.92 Å². The van der Waals surface area contributed by atoms with Crippen LogP contribution in [-0.4, -0.2) is 47.4 Å². The molecule has 2 rings (SSSR count). The van der Waals surface area contributed by atoms with E-state index in [1.54, 1.807) is 6.20 Å². The highest BCUT2D eigenvalue weighted by Crippen LogP contribution is 2.06. The molecule has 0 spiro atoms. The summed E-state index contributed by atoms with van der Waals surface area (Å²) >= 11 is 0. The number of hydrogen-bond donors (Lipinski definition) is 0. The highest BCUT2D eigenvalue weighted by molar-refractivity contribution is 5.78. The third-order valence-corrected chi connectivity index (χ3v) is 3.95. The maximum Gasteiger partial charge on any atom is 0.237 e. The van der Waals surface area contributed by atoms with E-state index >= 15 is 0 Å². The number of amides is 1. The minimum atomic E-state index is 0.155. The topological polar surface area (TPSA) is 36.4 Å². The van der Waals surface area contributed by atoms with Gasteiger partial charge in [0.15, 0.2) is 0 Å². The zero-order valence-electron chi connectivity index (χ0n) is 16.0. The molecule has 1 aromatic heterocycles. The molecule has 4 nitrogen and oxygen atoms in total. The summed E-state index contributed by atoms with van der Waals surface area (Å²) in [6.45, 7) is 6.79. The normalized spacial score (nSPS) is 11.4. The Kier molecular flexibility index (Phi) is 8.03. The number of pyridine rings is 1. The smallest absolute Gasteiger partial charge is 0.237 e. The summed E-state index contributed by atoms with van der Waals surface area (Å²) in [5, 5.41) is 0. The van der Waals surface area contributed by atoms with Crippen molar-refractivity contribution >= 4 is 12.0 Å². The Morgan fingerprint density at radius 3 is 2.58 bits per heavy atom. The van der Waals surface area contributed by atoms with E-state index in [0.717, 1.165) is 24.2 Å². The van der Waals surface area contributed by atoms with Gasteiger partial charge in [-0.15, -0.1) is 0 Å². The van der Waals surface area contributed by atoms with Crippen LogP contribution in [0.15, 0.2) is 60.9 Å². The molecule has 0 radical (unpaired) electrons. The quantitative estimate of drug-likeness (QED) is 0.691. The van der Waals surface area contributed by atoms with E-state index in [0.29, 0.717) is 19.0 Å². The fraction of sp³-hybridized carbons (Fsp3) is 0.364. The Bertz CT molecular complexity index is 683. The zero-order valence-corrected chi connectivity index (χ0v) is 16.0. The van der Waals surface area contributed by atoms with Crippen LogP contribution in [0.1, 0.15) is 25.0 Å². The molecule has 4 heteroatoms. The second kappa shape index (κ2) is 10.5. The SMILES string of the molecule is CC(C)CN(C/C=C/c1ccccc1)C(=O)CN(C)Cc1cccnc1. The number of carbonyl (C=O) groups excluding carboxylic acids is 1. The number of rotatable bonds is 9. The highest BCUT2D eigenvalue weighted by atomic mass is 16.2. The van der Waals surface area contributed by atoms with Gasteiger partial charge in [-0.05, 0) is 30.2 Å². The Labute approximate surface area is 157 Å². The van der Waals surface area contributed by atoms with Gasteiger partial charge in [-0.3, -0.25) is 14.7 Å². The van der Waals surface area contributed by atoms with Crippen molar-refractivity contribution in [3.05, 3.63) is 72.1 Å². The van der Waals surface area contributed by atoms with Crippen molar-refractivity contribution in [2.24, 2.45) is 5.92 Å². The van der Waals surface area contributed by atoms with Crippen LogP contribution in [0.3, 0.4) is 0 Å². The van der Waals surface area contributed by atoms with Crippen LogP contribution >= 0.6 is 0 Å². The molecule has 0 saturated heterocycles. The second-order valence-corrected chi connectivity index (χ2v) is 7.04. The van der Waals surface area contributed by atoms with Crippen LogP contribution in [-0.2, 0) is 11.3 Å². The van der Waals surface area contributed by atoms with Crippen molar-refractivity contribution in [2.75, 3.05) is 26.7 Å². The second-order valence-electron chi connectivity index (χ2n) is 7.04. The number of benzene rings is 1. The minimum Gasteiger partial charge on any atom is -0.338 e. The number of carbonyl (C=O) groups is 1. The summed E-state index contributed by atoms with van der Waals surface area (Å²) in [5.74, 6) is 0.593. The van der Waals surface area contributed by atoms with E-state index in [4.69, 9.17) is 0 Å². The van der Waals surface area contributed by atoms with Gasteiger partial charge in [0.05, 0.1) is 6.54 Å².